The number of amides is 1. The maximum absolute atomic E-state index is 13.2. The van der Waals surface area contributed by atoms with E-state index in [0.29, 0.717) is 24.2 Å². The maximum Gasteiger partial charge on any atom is 0.234 e. The van der Waals surface area contributed by atoms with E-state index in [-0.39, 0.29) is 17.1 Å². The fourth-order valence-corrected chi connectivity index (χ4v) is 5.18. The van der Waals surface area contributed by atoms with Gasteiger partial charge in [0.05, 0.1) is 18.2 Å². The van der Waals surface area contributed by atoms with Crippen molar-refractivity contribution in [2.24, 2.45) is 5.41 Å². The minimum absolute atomic E-state index is 0.00842. The molecule has 0 saturated heterocycles. The Hall–Kier alpha value is -3.00. The predicted molar refractivity (Wildman–Crippen MR) is 127 cm³/mol. The number of Topliss-reactive ketones (excluding diaryl/α,β-unsaturated/α-hetero) is 1. The lowest BCUT2D eigenvalue weighted by Gasteiger charge is -2.31. The van der Waals surface area contributed by atoms with Gasteiger partial charge in [0.25, 0.3) is 0 Å². The first-order chi connectivity index (χ1) is 15.9. The molecule has 1 N–H and O–H groups in total. The van der Waals surface area contributed by atoms with E-state index >= 15 is 0 Å². The summed E-state index contributed by atoms with van der Waals surface area (Å²) in [6.07, 6.45) is 8.32. The van der Waals surface area contributed by atoms with Gasteiger partial charge in [-0.05, 0) is 50.8 Å². The van der Waals surface area contributed by atoms with Crippen LogP contribution in [0.2, 0.25) is 0 Å². The van der Waals surface area contributed by atoms with Gasteiger partial charge in [0.2, 0.25) is 11.9 Å². The lowest BCUT2D eigenvalue weighted by molar-refractivity contribution is -0.122. The van der Waals surface area contributed by atoms with Crippen LogP contribution in [0, 0.1) is 5.41 Å². The summed E-state index contributed by atoms with van der Waals surface area (Å²) in [6.45, 7) is 2.64. The fraction of sp³-hybridized carbons (Fsp3) is 0.520. The second-order valence-corrected chi connectivity index (χ2v) is 9.60. The van der Waals surface area contributed by atoms with Crippen LogP contribution in [-0.2, 0) is 16.1 Å². The quantitative estimate of drug-likeness (QED) is 0.665. The number of hydrogen-bond donors (Lipinski definition) is 1. The van der Waals surface area contributed by atoms with Gasteiger partial charge in [-0.15, -0.1) is 0 Å². The Bertz CT molecular complexity index is 1090. The summed E-state index contributed by atoms with van der Waals surface area (Å²) in [4.78, 5) is 38.6. The number of nitrogens with one attached hydrogen (secondary N) is 1. The molecule has 2 fully saturated rings. The van der Waals surface area contributed by atoms with Crippen molar-refractivity contribution in [3.05, 3.63) is 35.5 Å². The van der Waals surface area contributed by atoms with Gasteiger partial charge in [0.15, 0.2) is 11.6 Å². The number of aromatic nitrogens is 2. The Morgan fingerprint density at radius 3 is 2.70 bits per heavy atom. The first-order valence-electron chi connectivity index (χ1n) is 11.7. The third kappa shape index (κ3) is 3.97. The Morgan fingerprint density at radius 1 is 1.27 bits per heavy atom. The van der Waals surface area contributed by atoms with Crippen LogP contribution in [-0.4, -0.2) is 48.4 Å². The summed E-state index contributed by atoms with van der Waals surface area (Å²) in [7, 11) is 3.47. The van der Waals surface area contributed by atoms with Crippen molar-refractivity contribution in [1.29, 1.82) is 0 Å². The maximum atomic E-state index is 13.2. The van der Waals surface area contributed by atoms with Crippen molar-refractivity contribution in [2.75, 3.05) is 35.8 Å². The van der Waals surface area contributed by atoms with E-state index in [9.17, 15) is 9.59 Å². The van der Waals surface area contributed by atoms with E-state index in [1.165, 1.54) is 12.8 Å². The van der Waals surface area contributed by atoms with Gasteiger partial charge < -0.3 is 19.9 Å². The molecule has 8 heteroatoms. The molecule has 8 nitrogen and oxygen atoms in total. The number of nitrogens with zero attached hydrogens (tertiary/aromatic N) is 4. The van der Waals surface area contributed by atoms with E-state index in [2.05, 4.69) is 15.2 Å². The largest absolute Gasteiger partial charge is 0.380 e. The highest BCUT2D eigenvalue weighted by Gasteiger charge is 2.55. The van der Waals surface area contributed by atoms with Gasteiger partial charge in [0.1, 0.15) is 5.69 Å². The molecule has 1 aromatic heterocycles. The molecule has 2 aliphatic carbocycles. The van der Waals surface area contributed by atoms with Crippen molar-refractivity contribution in [3.63, 3.8) is 0 Å². The highest BCUT2D eigenvalue weighted by Crippen LogP contribution is 2.52. The van der Waals surface area contributed by atoms with Gasteiger partial charge in [-0.2, -0.15) is 4.98 Å². The van der Waals surface area contributed by atoms with Crippen LogP contribution < -0.4 is 15.1 Å². The Kier molecular flexibility index (Phi) is 5.56. The third-order valence-corrected chi connectivity index (χ3v) is 7.29. The van der Waals surface area contributed by atoms with Crippen molar-refractivity contribution in [1.82, 2.24) is 9.97 Å². The average molecular weight is 450 g/mol. The molecular formula is C25H31N5O3. The second kappa shape index (κ2) is 8.41. The number of fused-ring (bicyclic) bond motifs is 1. The molecule has 2 saturated carbocycles. The third-order valence-electron chi connectivity index (χ3n) is 7.29. The number of ketones is 1. The molecule has 3 aliphatic rings. The zero-order valence-electron chi connectivity index (χ0n) is 19.6. The van der Waals surface area contributed by atoms with Crippen LogP contribution in [0.1, 0.15) is 61.4 Å². The molecule has 1 amide bonds. The summed E-state index contributed by atoms with van der Waals surface area (Å²) in [5, 5.41) is 3.32. The second-order valence-electron chi connectivity index (χ2n) is 9.60. The normalized spacial score (nSPS) is 19.5. The molecule has 2 aromatic rings. The van der Waals surface area contributed by atoms with Crippen molar-refractivity contribution < 1.29 is 14.3 Å². The molecular weight excluding hydrogens is 418 g/mol. The number of rotatable bonds is 6. The zero-order valence-corrected chi connectivity index (χ0v) is 19.6. The number of benzene rings is 1. The summed E-state index contributed by atoms with van der Waals surface area (Å²) < 4.78 is 5.34. The topological polar surface area (TPSA) is 87.7 Å². The van der Waals surface area contributed by atoms with Gasteiger partial charge in [-0.25, -0.2) is 4.98 Å². The van der Waals surface area contributed by atoms with E-state index in [1.54, 1.807) is 31.2 Å². The molecule has 1 aromatic carbocycles. The number of anilines is 4. The number of ether oxygens (including phenoxy) is 1. The molecule has 0 unspecified atom stereocenters. The average Bonchev–Trinajstić information content (AvgIpc) is 3.41. The number of hydrogen-bond acceptors (Lipinski definition) is 7. The summed E-state index contributed by atoms with van der Waals surface area (Å²) in [5.41, 5.74) is 2.79. The van der Waals surface area contributed by atoms with E-state index < -0.39 is 0 Å². The predicted octanol–water partition coefficient (Wildman–Crippen LogP) is 4.07. The Labute approximate surface area is 194 Å². The first kappa shape index (κ1) is 21.8. The molecule has 2 heterocycles. The van der Waals surface area contributed by atoms with Crippen LogP contribution in [0.5, 0.6) is 0 Å². The fourth-order valence-electron chi connectivity index (χ4n) is 5.18. The van der Waals surface area contributed by atoms with Crippen LogP contribution in [0.4, 0.5) is 23.1 Å². The van der Waals surface area contributed by atoms with Crippen molar-refractivity contribution in [2.45, 2.75) is 58.1 Å². The summed E-state index contributed by atoms with van der Waals surface area (Å²) in [6, 6.07) is 5.90. The van der Waals surface area contributed by atoms with Crippen LogP contribution in [0.25, 0.3) is 0 Å². The SMILES string of the molecule is COCc1cc(C(C)=O)ccc1Nc1ncc2c(n1)N(C1CCCC1)CC1(CC1)C(=O)N2C. The lowest BCUT2D eigenvalue weighted by atomic mass is 10.0. The highest BCUT2D eigenvalue weighted by atomic mass is 16.5. The van der Waals surface area contributed by atoms with Crippen molar-refractivity contribution >= 4 is 34.8 Å². The van der Waals surface area contributed by atoms with Crippen LogP contribution in [0.15, 0.2) is 24.4 Å². The molecule has 174 valence electrons. The minimum Gasteiger partial charge on any atom is -0.380 e. The zero-order chi connectivity index (χ0) is 23.2. The van der Waals surface area contributed by atoms with Gasteiger partial charge >= 0.3 is 0 Å². The molecule has 0 radical (unpaired) electrons. The van der Waals surface area contributed by atoms with Gasteiger partial charge in [-0.3, -0.25) is 9.59 Å². The first-order valence-corrected chi connectivity index (χ1v) is 11.7. The van der Waals surface area contributed by atoms with Crippen LogP contribution in [0.3, 0.4) is 0 Å². The lowest BCUT2D eigenvalue weighted by Crippen LogP contribution is -2.41. The molecule has 1 spiro atoms. The summed E-state index contributed by atoms with van der Waals surface area (Å²) in [5.74, 6) is 1.48. The molecule has 33 heavy (non-hydrogen) atoms. The van der Waals surface area contributed by atoms with Gasteiger partial charge in [0, 0.05) is 43.6 Å². The van der Waals surface area contributed by atoms with Crippen molar-refractivity contribution in [3.8, 4) is 0 Å². The number of carbonyl (C=O) groups excluding carboxylic acids is 2. The smallest absolute Gasteiger partial charge is 0.234 e. The van der Waals surface area contributed by atoms with E-state index in [4.69, 9.17) is 9.72 Å². The number of methoxy groups -OCH3 is 1. The number of carbonyl (C=O) groups is 2. The molecule has 5 rings (SSSR count). The monoisotopic (exact) mass is 449 g/mol. The minimum atomic E-state index is -0.278. The van der Waals surface area contributed by atoms with E-state index in [1.807, 2.05) is 19.2 Å². The van der Waals surface area contributed by atoms with E-state index in [0.717, 1.165) is 55.0 Å². The summed E-state index contributed by atoms with van der Waals surface area (Å²) >= 11 is 0. The van der Waals surface area contributed by atoms with Crippen LogP contribution >= 0.6 is 0 Å². The molecule has 1 aliphatic heterocycles. The Morgan fingerprint density at radius 2 is 2.03 bits per heavy atom. The highest BCUT2D eigenvalue weighted by molar-refractivity contribution is 6.02. The Balaban J connectivity index is 1.52. The standard InChI is InChI=1S/C25H31N5O3/c1-16(31)17-8-9-20(18(12-17)14-33-3)27-24-26-13-21-22(28-24)30(19-6-4-5-7-19)15-25(10-11-25)23(32)29(21)2/h8-9,12-13,19H,4-7,10-11,14-15H2,1-3H3,(H,26,27,28). The molecule has 0 atom stereocenters. The van der Waals surface area contributed by atoms with Gasteiger partial charge in [-0.1, -0.05) is 12.8 Å². The molecule has 0 bridgehead atoms.